The molecule has 0 amide bonds. The van der Waals surface area contributed by atoms with Gasteiger partial charge >= 0.3 is 0 Å². The van der Waals surface area contributed by atoms with Gasteiger partial charge < -0.3 is 5.32 Å². The van der Waals surface area contributed by atoms with Crippen molar-refractivity contribution >= 4 is 17.3 Å². The Kier molecular flexibility index (Phi) is 5.09. The lowest BCUT2D eigenvalue weighted by Gasteiger charge is -2.20. The predicted molar refractivity (Wildman–Crippen MR) is 82.8 cm³/mol. The molecular weight excluding hydrogens is 256 g/mol. The van der Waals surface area contributed by atoms with Crippen LogP contribution in [0.15, 0.2) is 12.3 Å². The summed E-state index contributed by atoms with van der Waals surface area (Å²) in [4.78, 5) is 4.21. The van der Waals surface area contributed by atoms with Gasteiger partial charge in [0.15, 0.2) is 5.15 Å². The third-order valence-corrected chi connectivity index (χ3v) is 4.59. The zero-order valence-corrected chi connectivity index (χ0v) is 13.0. The summed E-state index contributed by atoms with van der Waals surface area (Å²) in [6, 6.07) is 2.64. The Bertz CT molecular complexity index is 417. The minimum Gasteiger partial charge on any atom is -0.380 e. The normalized spacial score (nSPS) is 24.3. The van der Waals surface area contributed by atoms with Crippen molar-refractivity contribution < 1.29 is 0 Å². The van der Waals surface area contributed by atoms with Crippen LogP contribution < -0.4 is 5.32 Å². The summed E-state index contributed by atoms with van der Waals surface area (Å²) >= 11 is 6.16. The molecule has 106 valence electrons. The van der Waals surface area contributed by atoms with Crippen molar-refractivity contribution in [3.05, 3.63) is 23.0 Å². The van der Waals surface area contributed by atoms with E-state index in [-0.39, 0.29) is 0 Å². The lowest BCUT2D eigenvalue weighted by atomic mass is 9.89. The van der Waals surface area contributed by atoms with E-state index < -0.39 is 0 Å². The number of aryl methyl sites for hydroxylation is 1. The fourth-order valence-electron chi connectivity index (χ4n) is 3.02. The van der Waals surface area contributed by atoms with Gasteiger partial charge in [0.05, 0.1) is 5.69 Å². The molecule has 1 aliphatic rings. The Morgan fingerprint density at radius 1 is 1.26 bits per heavy atom. The number of anilines is 1. The van der Waals surface area contributed by atoms with Crippen molar-refractivity contribution in [3.63, 3.8) is 0 Å². The van der Waals surface area contributed by atoms with Crippen molar-refractivity contribution in [2.75, 3.05) is 5.32 Å². The monoisotopic (exact) mass is 280 g/mol. The van der Waals surface area contributed by atoms with Crippen molar-refractivity contribution in [1.29, 1.82) is 0 Å². The van der Waals surface area contributed by atoms with E-state index in [1.807, 2.05) is 6.20 Å². The van der Waals surface area contributed by atoms with Crippen LogP contribution in [0.25, 0.3) is 0 Å². The number of hydrogen-bond acceptors (Lipinski definition) is 2. The highest BCUT2D eigenvalue weighted by molar-refractivity contribution is 6.31. The summed E-state index contributed by atoms with van der Waals surface area (Å²) in [6.07, 6.45) is 8.31. The maximum atomic E-state index is 6.16. The van der Waals surface area contributed by atoms with E-state index in [0.717, 1.165) is 23.1 Å². The molecule has 0 saturated heterocycles. The quantitative estimate of drug-likeness (QED) is 0.618. The van der Waals surface area contributed by atoms with Crippen LogP contribution in [0, 0.1) is 18.8 Å². The molecule has 2 rings (SSSR count). The number of halogens is 1. The molecule has 1 aromatic rings. The van der Waals surface area contributed by atoms with E-state index in [4.69, 9.17) is 11.6 Å². The Morgan fingerprint density at radius 2 is 2.05 bits per heavy atom. The van der Waals surface area contributed by atoms with E-state index in [1.54, 1.807) is 0 Å². The highest BCUT2D eigenvalue weighted by Gasteiger charge is 2.21. The van der Waals surface area contributed by atoms with Crippen molar-refractivity contribution in [2.24, 2.45) is 11.8 Å². The van der Waals surface area contributed by atoms with Gasteiger partial charge in [-0.3, -0.25) is 0 Å². The van der Waals surface area contributed by atoms with Gasteiger partial charge in [-0.05, 0) is 49.7 Å². The van der Waals surface area contributed by atoms with Gasteiger partial charge in [0, 0.05) is 12.2 Å². The Labute approximate surface area is 122 Å². The van der Waals surface area contributed by atoms with Crippen LogP contribution in [0.5, 0.6) is 0 Å². The SMILES string of the molecule is Cc1cnc(Cl)c(NC2CCCC(C(C)C)CC2)c1. The average Bonchev–Trinajstić information content (AvgIpc) is 2.59. The van der Waals surface area contributed by atoms with Gasteiger partial charge in [-0.15, -0.1) is 0 Å². The summed E-state index contributed by atoms with van der Waals surface area (Å²) < 4.78 is 0. The topological polar surface area (TPSA) is 24.9 Å². The van der Waals surface area contributed by atoms with Crippen molar-refractivity contribution in [2.45, 2.75) is 58.9 Å². The molecule has 1 N–H and O–H groups in total. The number of rotatable bonds is 3. The first-order valence-electron chi connectivity index (χ1n) is 7.45. The third-order valence-electron chi connectivity index (χ3n) is 4.29. The molecular formula is C16H25ClN2. The predicted octanol–water partition coefficient (Wildman–Crippen LogP) is 5.06. The maximum Gasteiger partial charge on any atom is 0.152 e. The fraction of sp³-hybridized carbons (Fsp3) is 0.688. The number of nitrogens with one attached hydrogen (secondary N) is 1. The first kappa shape index (κ1) is 14.6. The van der Waals surface area contributed by atoms with E-state index >= 15 is 0 Å². The van der Waals surface area contributed by atoms with Crippen LogP contribution >= 0.6 is 11.6 Å². The molecule has 2 nitrogen and oxygen atoms in total. The van der Waals surface area contributed by atoms with Crippen LogP contribution in [0.1, 0.15) is 51.5 Å². The second-order valence-electron chi connectivity index (χ2n) is 6.20. The van der Waals surface area contributed by atoms with Crippen LogP contribution in [-0.2, 0) is 0 Å². The summed E-state index contributed by atoms with van der Waals surface area (Å²) in [6.45, 7) is 6.75. The minimum atomic E-state index is 0.546. The lowest BCUT2D eigenvalue weighted by Crippen LogP contribution is -2.19. The van der Waals surface area contributed by atoms with Crippen LogP contribution in [0.4, 0.5) is 5.69 Å². The van der Waals surface area contributed by atoms with Crippen molar-refractivity contribution in [3.8, 4) is 0 Å². The molecule has 3 heteroatoms. The average molecular weight is 281 g/mol. The third kappa shape index (κ3) is 4.10. The lowest BCUT2D eigenvalue weighted by molar-refractivity contribution is 0.341. The Morgan fingerprint density at radius 3 is 2.79 bits per heavy atom. The zero-order chi connectivity index (χ0) is 13.8. The molecule has 1 fully saturated rings. The molecule has 19 heavy (non-hydrogen) atoms. The largest absolute Gasteiger partial charge is 0.380 e. The van der Waals surface area contributed by atoms with Gasteiger partial charge in [-0.2, -0.15) is 0 Å². The van der Waals surface area contributed by atoms with E-state index in [1.165, 1.54) is 32.1 Å². The molecule has 0 aromatic carbocycles. The molecule has 0 spiro atoms. The number of hydrogen-bond donors (Lipinski definition) is 1. The molecule has 0 bridgehead atoms. The molecule has 1 aromatic heterocycles. The zero-order valence-electron chi connectivity index (χ0n) is 12.2. The number of nitrogens with zero attached hydrogens (tertiary/aromatic N) is 1. The molecule has 1 aliphatic carbocycles. The smallest absolute Gasteiger partial charge is 0.152 e. The summed E-state index contributed by atoms with van der Waals surface area (Å²) in [5, 5.41) is 4.19. The fourth-order valence-corrected chi connectivity index (χ4v) is 3.17. The van der Waals surface area contributed by atoms with Gasteiger partial charge in [0.2, 0.25) is 0 Å². The van der Waals surface area contributed by atoms with Crippen LogP contribution in [-0.4, -0.2) is 11.0 Å². The summed E-state index contributed by atoms with van der Waals surface area (Å²) in [5.41, 5.74) is 2.15. The molecule has 1 heterocycles. The van der Waals surface area contributed by atoms with Crippen LogP contribution in [0.2, 0.25) is 5.15 Å². The van der Waals surface area contributed by atoms with E-state index in [9.17, 15) is 0 Å². The van der Waals surface area contributed by atoms with E-state index in [0.29, 0.717) is 11.2 Å². The number of aromatic nitrogens is 1. The molecule has 2 atom stereocenters. The molecule has 0 radical (unpaired) electrons. The number of pyridine rings is 1. The standard InChI is InChI=1S/C16H25ClN2/c1-11(2)13-5-4-6-14(8-7-13)19-15-9-12(3)10-18-16(15)17/h9-11,13-14,19H,4-8H2,1-3H3. The highest BCUT2D eigenvalue weighted by atomic mass is 35.5. The first-order valence-corrected chi connectivity index (χ1v) is 7.82. The summed E-state index contributed by atoms with van der Waals surface area (Å²) in [7, 11) is 0. The van der Waals surface area contributed by atoms with Crippen molar-refractivity contribution in [1.82, 2.24) is 4.98 Å². The minimum absolute atomic E-state index is 0.546. The molecule has 0 aliphatic heterocycles. The van der Waals surface area contributed by atoms with E-state index in [2.05, 4.69) is 37.1 Å². The Balaban J connectivity index is 1.98. The summed E-state index contributed by atoms with van der Waals surface area (Å²) in [5.74, 6) is 1.70. The van der Waals surface area contributed by atoms with Crippen LogP contribution in [0.3, 0.4) is 0 Å². The second kappa shape index (κ2) is 6.60. The van der Waals surface area contributed by atoms with Gasteiger partial charge in [-0.25, -0.2) is 4.98 Å². The molecule has 1 saturated carbocycles. The first-order chi connectivity index (χ1) is 9.06. The highest BCUT2D eigenvalue weighted by Crippen LogP contribution is 2.31. The van der Waals surface area contributed by atoms with Gasteiger partial charge in [0.25, 0.3) is 0 Å². The Hall–Kier alpha value is -0.760. The van der Waals surface area contributed by atoms with Gasteiger partial charge in [0.1, 0.15) is 0 Å². The second-order valence-corrected chi connectivity index (χ2v) is 6.56. The van der Waals surface area contributed by atoms with Gasteiger partial charge in [-0.1, -0.05) is 38.3 Å². The maximum absolute atomic E-state index is 6.16. The molecule has 2 unspecified atom stereocenters.